The topological polar surface area (TPSA) is 21.6 Å². The molecule has 3 aromatic rings. The maximum Gasteiger partial charge on any atom is 0.218 e. The van der Waals surface area contributed by atoms with Crippen LogP contribution in [0.1, 0.15) is 17.2 Å². The Bertz CT molecular complexity index is 776. The maximum absolute atomic E-state index is 5.83. The molecule has 98 valence electrons. The van der Waals surface area contributed by atoms with Gasteiger partial charge in [0.2, 0.25) is 5.90 Å². The van der Waals surface area contributed by atoms with Crippen molar-refractivity contribution >= 4 is 27.3 Å². The SMILES string of the molecule is c1ccc([C@H]2COC(c3csc4ccccc34)=N2)cc1. The van der Waals surface area contributed by atoms with Crippen molar-refractivity contribution in [3.8, 4) is 0 Å². The van der Waals surface area contributed by atoms with Crippen LogP contribution in [0.15, 0.2) is 65.0 Å². The van der Waals surface area contributed by atoms with Gasteiger partial charge in [-0.25, -0.2) is 4.99 Å². The standard InChI is InChI=1S/C17H13NOS/c1-2-6-12(7-3-1)15-10-19-17(18-15)14-11-20-16-9-5-4-8-13(14)16/h1-9,11,15H,10H2/t15-/m1/s1. The number of hydrogen-bond acceptors (Lipinski definition) is 3. The summed E-state index contributed by atoms with van der Waals surface area (Å²) in [6.07, 6.45) is 0. The predicted molar refractivity (Wildman–Crippen MR) is 83.5 cm³/mol. The van der Waals surface area contributed by atoms with E-state index in [1.165, 1.54) is 15.6 Å². The summed E-state index contributed by atoms with van der Waals surface area (Å²) >= 11 is 1.74. The zero-order chi connectivity index (χ0) is 13.4. The summed E-state index contributed by atoms with van der Waals surface area (Å²) in [5.74, 6) is 0.774. The number of rotatable bonds is 2. The molecule has 0 fully saturated rings. The van der Waals surface area contributed by atoms with Gasteiger partial charge < -0.3 is 4.74 Å². The Labute approximate surface area is 121 Å². The van der Waals surface area contributed by atoms with Crippen LogP contribution in [0.5, 0.6) is 0 Å². The number of fused-ring (bicyclic) bond motifs is 1. The molecule has 0 unspecified atom stereocenters. The Balaban J connectivity index is 1.73. The van der Waals surface area contributed by atoms with E-state index in [-0.39, 0.29) is 6.04 Å². The quantitative estimate of drug-likeness (QED) is 0.680. The number of nitrogens with zero attached hydrogens (tertiary/aromatic N) is 1. The van der Waals surface area contributed by atoms with Gasteiger partial charge in [0.05, 0.1) is 5.56 Å². The lowest BCUT2D eigenvalue weighted by Gasteiger charge is -2.03. The number of aliphatic imine (C=N–C) groups is 1. The first-order chi connectivity index (χ1) is 9.92. The highest BCUT2D eigenvalue weighted by atomic mass is 32.1. The normalized spacial score (nSPS) is 18.0. The highest BCUT2D eigenvalue weighted by Crippen LogP contribution is 2.31. The van der Waals surface area contributed by atoms with Crippen LogP contribution in [0.2, 0.25) is 0 Å². The molecule has 2 heterocycles. The lowest BCUT2D eigenvalue weighted by Crippen LogP contribution is -2.00. The number of benzene rings is 2. The van der Waals surface area contributed by atoms with Gasteiger partial charge in [0.1, 0.15) is 12.6 Å². The summed E-state index contributed by atoms with van der Waals surface area (Å²) in [6, 6.07) is 18.8. The molecule has 0 spiro atoms. The molecule has 0 saturated carbocycles. The molecule has 1 atom stereocenters. The zero-order valence-corrected chi connectivity index (χ0v) is 11.6. The van der Waals surface area contributed by atoms with Crippen LogP contribution < -0.4 is 0 Å². The van der Waals surface area contributed by atoms with Crippen LogP contribution in [0, 0.1) is 0 Å². The van der Waals surface area contributed by atoms with Crippen LogP contribution in [0.25, 0.3) is 10.1 Å². The highest BCUT2D eigenvalue weighted by molar-refractivity contribution is 7.17. The van der Waals surface area contributed by atoms with Crippen LogP contribution in [-0.4, -0.2) is 12.5 Å². The molecule has 4 rings (SSSR count). The van der Waals surface area contributed by atoms with Gasteiger partial charge in [-0.1, -0.05) is 48.5 Å². The molecule has 1 aliphatic heterocycles. The number of thiophene rings is 1. The highest BCUT2D eigenvalue weighted by Gasteiger charge is 2.23. The first-order valence-electron chi connectivity index (χ1n) is 6.64. The van der Waals surface area contributed by atoms with E-state index >= 15 is 0 Å². The summed E-state index contributed by atoms with van der Waals surface area (Å²) in [7, 11) is 0. The fourth-order valence-corrected chi connectivity index (χ4v) is 3.45. The average Bonchev–Trinajstić information content (AvgIpc) is 3.14. The van der Waals surface area contributed by atoms with Crippen LogP contribution in [0.4, 0.5) is 0 Å². The molecule has 0 amide bonds. The van der Waals surface area contributed by atoms with Crippen molar-refractivity contribution in [3.05, 3.63) is 71.1 Å². The summed E-state index contributed by atoms with van der Waals surface area (Å²) in [5.41, 5.74) is 2.33. The van der Waals surface area contributed by atoms with E-state index < -0.39 is 0 Å². The molecule has 0 radical (unpaired) electrons. The molecule has 1 aliphatic rings. The second-order valence-electron chi connectivity index (χ2n) is 4.82. The monoisotopic (exact) mass is 279 g/mol. The second-order valence-corrected chi connectivity index (χ2v) is 5.73. The minimum atomic E-state index is 0.116. The van der Waals surface area contributed by atoms with Crippen molar-refractivity contribution in [2.24, 2.45) is 4.99 Å². The molecule has 3 heteroatoms. The smallest absolute Gasteiger partial charge is 0.218 e. The second kappa shape index (κ2) is 4.76. The van der Waals surface area contributed by atoms with Crippen molar-refractivity contribution in [1.29, 1.82) is 0 Å². The van der Waals surface area contributed by atoms with E-state index in [4.69, 9.17) is 9.73 Å². The van der Waals surface area contributed by atoms with Gasteiger partial charge in [0, 0.05) is 15.5 Å². The van der Waals surface area contributed by atoms with E-state index in [0.717, 1.165) is 11.5 Å². The first-order valence-corrected chi connectivity index (χ1v) is 7.52. The van der Waals surface area contributed by atoms with Gasteiger partial charge in [0.15, 0.2) is 0 Å². The van der Waals surface area contributed by atoms with Crippen LogP contribution in [-0.2, 0) is 4.74 Å². The molecule has 2 aromatic carbocycles. The minimum absolute atomic E-state index is 0.116. The van der Waals surface area contributed by atoms with Crippen molar-refractivity contribution in [2.75, 3.05) is 6.61 Å². The van der Waals surface area contributed by atoms with Gasteiger partial charge >= 0.3 is 0 Å². The van der Waals surface area contributed by atoms with Crippen molar-refractivity contribution < 1.29 is 4.74 Å². The summed E-state index contributed by atoms with van der Waals surface area (Å²) in [5, 5.41) is 3.36. The first kappa shape index (κ1) is 11.7. The van der Waals surface area contributed by atoms with E-state index in [0.29, 0.717) is 6.61 Å². The van der Waals surface area contributed by atoms with Crippen LogP contribution >= 0.6 is 11.3 Å². The van der Waals surface area contributed by atoms with Crippen LogP contribution in [0.3, 0.4) is 0 Å². The zero-order valence-electron chi connectivity index (χ0n) is 10.8. The Morgan fingerprint density at radius 3 is 2.70 bits per heavy atom. The molecule has 0 N–H and O–H groups in total. The lowest BCUT2D eigenvalue weighted by molar-refractivity contribution is 0.320. The fourth-order valence-electron chi connectivity index (χ4n) is 2.51. The Morgan fingerprint density at radius 2 is 1.80 bits per heavy atom. The lowest BCUT2D eigenvalue weighted by atomic mass is 10.1. The Morgan fingerprint density at radius 1 is 1.00 bits per heavy atom. The molecule has 0 saturated heterocycles. The van der Waals surface area contributed by atoms with E-state index in [2.05, 4.69) is 41.8 Å². The molecular weight excluding hydrogens is 266 g/mol. The largest absolute Gasteiger partial charge is 0.475 e. The third-order valence-electron chi connectivity index (χ3n) is 3.55. The van der Waals surface area contributed by atoms with Gasteiger partial charge in [-0.2, -0.15) is 0 Å². The molecule has 2 nitrogen and oxygen atoms in total. The molecule has 0 bridgehead atoms. The Kier molecular flexibility index (Phi) is 2.78. The van der Waals surface area contributed by atoms with E-state index in [1.807, 2.05) is 18.2 Å². The van der Waals surface area contributed by atoms with Gasteiger partial charge in [-0.15, -0.1) is 11.3 Å². The molecule has 0 aliphatic carbocycles. The summed E-state index contributed by atoms with van der Waals surface area (Å²) in [6.45, 7) is 0.628. The summed E-state index contributed by atoms with van der Waals surface area (Å²) in [4.78, 5) is 4.75. The third-order valence-corrected chi connectivity index (χ3v) is 4.51. The van der Waals surface area contributed by atoms with E-state index in [9.17, 15) is 0 Å². The van der Waals surface area contributed by atoms with Crippen molar-refractivity contribution in [3.63, 3.8) is 0 Å². The van der Waals surface area contributed by atoms with Gasteiger partial charge in [-0.05, 0) is 11.6 Å². The van der Waals surface area contributed by atoms with Gasteiger partial charge in [-0.3, -0.25) is 0 Å². The minimum Gasteiger partial charge on any atom is -0.475 e. The number of ether oxygens (including phenoxy) is 1. The molecule has 20 heavy (non-hydrogen) atoms. The van der Waals surface area contributed by atoms with Crippen molar-refractivity contribution in [2.45, 2.75) is 6.04 Å². The summed E-state index contributed by atoms with van der Waals surface area (Å²) < 4.78 is 7.10. The van der Waals surface area contributed by atoms with Gasteiger partial charge in [0.25, 0.3) is 0 Å². The van der Waals surface area contributed by atoms with E-state index in [1.54, 1.807) is 11.3 Å². The van der Waals surface area contributed by atoms with Crippen molar-refractivity contribution in [1.82, 2.24) is 0 Å². The fraction of sp³-hybridized carbons (Fsp3) is 0.118. The Hall–Kier alpha value is -2.13. The third kappa shape index (κ3) is 1.91. The maximum atomic E-state index is 5.83. The predicted octanol–water partition coefficient (Wildman–Crippen LogP) is 4.42. The number of hydrogen-bond donors (Lipinski definition) is 0. The molecular formula is C17H13NOS. The average molecular weight is 279 g/mol. The molecule has 1 aromatic heterocycles.